The van der Waals surface area contributed by atoms with Gasteiger partial charge < -0.3 is 20.4 Å². The van der Waals surface area contributed by atoms with E-state index in [0.717, 1.165) is 38.5 Å². The van der Waals surface area contributed by atoms with Gasteiger partial charge in [-0.25, -0.2) is 13.3 Å². The number of rotatable bonds is 11. The van der Waals surface area contributed by atoms with Crippen LogP contribution in [-0.2, 0) is 29.2 Å². The highest BCUT2D eigenvalue weighted by molar-refractivity contribution is 7.92. The molecule has 4 aliphatic carbocycles. The second-order valence-electron chi connectivity index (χ2n) is 12.6. The van der Waals surface area contributed by atoms with Crippen LogP contribution in [0.25, 0.3) is 0 Å². The second-order valence-corrected chi connectivity index (χ2v) is 15.1. The van der Waals surface area contributed by atoms with Crippen LogP contribution >= 0.6 is 0 Å². The molecule has 0 spiro atoms. The number of carbonyl (C=O) groups excluding carboxylic acids is 1. The molecule has 40 heavy (non-hydrogen) atoms. The zero-order valence-corrected chi connectivity index (χ0v) is 24.2. The molecule has 0 aromatic heterocycles. The number of aliphatic hydroxyl groups is 1. The number of amides is 1. The third kappa shape index (κ3) is 8.16. The van der Waals surface area contributed by atoms with Crippen molar-refractivity contribution in [3.8, 4) is 0 Å². The van der Waals surface area contributed by atoms with Crippen LogP contribution < -0.4 is 10.8 Å². The minimum Gasteiger partial charge on any atom is -0.481 e. The van der Waals surface area contributed by atoms with E-state index >= 15 is 0 Å². The molecule has 0 aromatic carbocycles. The molecule has 5 atom stereocenters. The highest BCUT2D eigenvalue weighted by atomic mass is 32.2. The summed E-state index contributed by atoms with van der Waals surface area (Å²) in [6.07, 6.45) is 9.37. The summed E-state index contributed by atoms with van der Waals surface area (Å²) in [5.41, 5.74) is 3.16. The first kappa shape index (κ1) is 31.6. The molecule has 1 amide bonds. The molecular formula is C28H48N2O9S. The van der Waals surface area contributed by atoms with Gasteiger partial charge in [0.2, 0.25) is 5.91 Å². The molecule has 4 aliphatic rings. The Morgan fingerprint density at radius 3 is 1.90 bits per heavy atom. The average Bonchev–Trinajstić information content (AvgIpc) is 2.94. The normalized spacial score (nSPS) is 37.5. The molecule has 4 saturated carbocycles. The highest BCUT2D eigenvalue weighted by Crippen LogP contribution is 2.35. The molecule has 11 nitrogen and oxygen atoms in total. The van der Waals surface area contributed by atoms with E-state index in [4.69, 9.17) is 10.1 Å². The Morgan fingerprint density at radius 2 is 1.32 bits per heavy atom. The second kappa shape index (κ2) is 14.7. The van der Waals surface area contributed by atoms with Crippen molar-refractivity contribution in [1.29, 1.82) is 0 Å². The lowest BCUT2D eigenvalue weighted by atomic mass is 9.77. The van der Waals surface area contributed by atoms with E-state index in [1.54, 1.807) is 0 Å². The fourth-order valence-corrected chi connectivity index (χ4v) is 9.86. The fourth-order valence-electron chi connectivity index (χ4n) is 7.45. The highest BCUT2D eigenvalue weighted by Gasteiger charge is 2.42. The first-order chi connectivity index (χ1) is 19.2. The topological polar surface area (TPSA) is 171 Å². The number of hydrogen-bond acceptors (Lipinski definition) is 9. The predicted octanol–water partition coefficient (Wildman–Crippen LogP) is 2.82. The number of nitrogens with one attached hydrogen (secondary N) is 2. The molecule has 0 aliphatic heterocycles. The van der Waals surface area contributed by atoms with Gasteiger partial charge in [-0.15, -0.1) is 0 Å². The summed E-state index contributed by atoms with van der Waals surface area (Å²) in [7, 11) is -3.28. The number of aliphatic carboxylic acids is 1. The molecule has 230 valence electrons. The zero-order chi connectivity index (χ0) is 28.7. The van der Waals surface area contributed by atoms with Crippen molar-refractivity contribution >= 4 is 21.7 Å². The minimum absolute atomic E-state index is 0.0866. The Balaban J connectivity index is 1.17. The molecule has 0 aromatic rings. The maximum absolute atomic E-state index is 13.4. The lowest BCUT2D eigenvalue weighted by Gasteiger charge is -2.36. The molecule has 4 rings (SSSR count). The van der Waals surface area contributed by atoms with Crippen molar-refractivity contribution in [3.05, 3.63) is 0 Å². The van der Waals surface area contributed by atoms with Gasteiger partial charge in [-0.3, -0.25) is 14.8 Å². The lowest BCUT2D eigenvalue weighted by molar-refractivity contribution is -0.256. The van der Waals surface area contributed by atoms with Gasteiger partial charge in [-0.05, 0) is 95.3 Å². The molecule has 4 fully saturated rings. The van der Waals surface area contributed by atoms with E-state index in [-0.39, 0.29) is 29.7 Å². The number of hydrogen-bond donors (Lipinski definition) is 5. The van der Waals surface area contributed by atoms with Crippen LogP contribution in [0, 0.1) is 23.7 Å². The number of sulfone groups is 1. The molecule has 0 radical (unpaired) electrons. The molecule has 5 N–H and O–H groups in total. The SMILES string of the molecule is O=C(O)C1CC(O)CCC1C(=O)NC1CCC(S(=O)(=O)C2CCC(NOCC3CCCCC3COO)CC2)CC1. The van der Waals surface area contributed by atoms with E-state index in [2.05, 4.69) is 15.7 Å². The Labute approximate surface area is 237 Å². The summed E-state index contributed by atoms with van der Waals surface area (Å²) in [6.45, 7) is 0.897. The fraction of sp³-hybridized carbons (Fsp3) is 0.929. The Kier molecular flexibility index (Phi) is 11.6. The van der Waals surface area contributed by atoms with Crippen molar-refractivity contribution in [2.45, 2.75) is 125 Å². The molecule has 0 saturated heterocycles. The van der Waals surface area contributed by atoms with Gasteiger partial charge in [0.25, 0.3) is 0 Å². The maximum atomic E-state index is 13.4. The number of carboxylic acids is 1. The Morgan fingerprint density at radius 1 is 0.750 bits per heavy atom. The smallest absolute Gasteiger partial charge is 0.307 e. The number of carbonyl (C=O) groups is 2. The van der Waals surface area contributed by atoms with Gasteiger partial charge in [-0.1, -0.05) is 12.8 Å². The van der Waals surface area contributed by atoms with Crippen molar-refractivity contribution in [3.63, 3.8) is 0 Å². The van der Waals surface area contributed by atoms with Crippen LogP contribution in [-0.4, -0.2) is 77.7 Å². The predicted molar refractivity (Wildman–Crippen MR) is 147 cm³/mol. The zero-order valence-electron chi connectivity index (χ0n) is 23.4. The van der Waals surface area contributed by atoms with Gasteiger partial charge in [0.15, 0.2) is 9.84 Å². The summed E-state index contributed by atoms with van der Waals surface area (Å²) < 4.78 is 26.9. The number of carboxylic acid groups (broad SMARTS) is 1. The molecule has 0 bridgehead atoms. The van der Waals surface area contributed by atoms with E-state index in [1.807, 2.05) is 0 Å². The largest absolute Gasteiger partial charge is 0.481 e. The standard InChI is InChI=1S/C28H48N2O9S/c31-22-9-14-25(26(15-22)28(33)34)27(32)29-20-5-10-23(11-6-20)40(36,37)24-12-7-21(8-13-24)30-38-16-18-3-1-2-4-19(18)17-39-35/h18-26,30-31,35H,1-17H2,(H,29,32)(H,33,34). The minimum atomic E-state index is -3.28. The Hall–Kier alpha value is -1.31. The van der Waals surface area contributed by atoms with Crippen LogP contribution in [0.2, 0.25) is 0 Å². The summed E-state index contributed by atoms with van der Waals surface area (Å²) in [4.78, 5) is 34.7. The number of hydroxylamine groups is 1. The maximum Gasteiger partial charge on any atom is 0.307 e. The van der Waals surface area contributed by atoms with E-state index in [9.17, 15) is 28.2 Å². The van der Waals surface area contributed by atoms with Gasteiger partial charge in [0.05, 0.1) is 41.7 Å². The van der Waals surface area contributed by atoms with Crippen molar-refractivity contribution in [2.75, 3.05) is 13.2 Å². The summed E-state index contributed by atoms with van der Waals surface area (Å²) in [5, 5.41) is 30.4. The molecule has 5 unspecified atom stereocenters. The van der Waals surface area contributed by atoms with Crippen LogP contribution in [0.4, 0.5) is 0 Å². The summed E-state index contributed by atoms with van der Waals surface area (Å²) in [5.74, 6) is -2.25. The van der Waals surface area contributed by atoms with Crippen molar-refractivity contribution in [1.82, 2.24) is 10.8 Å². The van der Waals surface area contributed by atoms with Crippen LogP contribution in [0.3, 0.4) is 0 Å². The van der Waals surface area contributed by atoms with Gasteiger partial charge in [-0.2, -0.15) is 5.48 Å². The lowest BCUT2D eigenvalue weighted by Crippen LogP contribution is -2.48. The first-order valence-corrected chi connectivity index (χ1v) is 16.9. The Bertz CT molecular complexity index is 930. The van der Waals surface area contributed by atoms with E-state index < -0.39 is 39.0 Å². The summed E-state index contributed by atoms with van der Waals surface area (Å²) >= 11 is 0. The van der Waals surface area contributed by atoms with E-state index in [1.165, 1.54) is 0 Å². The van der Waals surface area contributed by atoms with E-state index in [0.29, 0.717) is 76.4 Å². The average molecular weight is 589 g/mol. The van der Waals surface area contributed by atoms with Gasteiger partial charge >= 0.3 is 5.97 Å². The quantitative estimate of drug-likeness (QED) is 0.179. The summed E-state index contributed by atoms with van der Waals surface area (Å²) in [6, 6.07) is -0.0194. The van der Waals surface area contributed by atoms with Crippen molar-refractivity contribution in [2.24, 2.45) is 23.7 Å². The molecule has 12 heteroatoms. The third-order valence-electron chi connectivity index (χ3n) is 10.0. The van der Waals surface area contributed by atoms with Crippen LogP contribution in [0.15, 0.2) is 0 Å². The van der Waals surface area contributed by atoms with Crippen LogP contribution in [0.5, 0.6) is 0 Å². The number of aliphatic hydroxyl groups excluding tert-OH is 1. The monoisotopic (exact) mass is 588 g/mol. The van der Waals surface area contributed by atoms with Gasteiger partial charge in [0, 0.05) is 12.1 Å². The van der Waals surface area contributed by atoms with Gasteiger partial charge in [0.1, 0.15) is 0 Å². The first-order valence-electron chi connectivity index (χ1n) is 15.3. The molecular weight excluding hydrogens is 540 g/mol. The van der Waals surface area contributed by atoms with Crippen molar-refractivity contribution < 1.29 is 43.2 Å². The third-order valence-corrected chi connectivity index (χ3v) is 12.8. The molecule has 0 heterocycles. The van der Waals surface area contributed by atoms with Crippen LogP contribution in [0.1, 0.15) is 96.3 Å².